The number of nitrogens with one attached hydrogen (secondary N) is 3. The predicted octanol–water partition coefficient (Wildman–Crippen LogP) is 1.54. The third-order valence-electron chi connectivity index (χ3n) is 3.74. The van der Waals surface area contributed by atoms with Crippen molar-refractivity contribution in [2.45, 2.75) is 58.1 Å². The van der Waals surface area contributed by atoms with E-state index in [1.165, 1.54) is 0 Å². The fraction of sp³-hybridized carbons (Fsp3) is 0.769. The fourth-order valence-electron chi connectivity index (χ4n) is 2.43. The highest BCUT2D eigenvalue weighted by Crippen LogP contribution is 2.19. The number of hydrogen-bond donors (Lipinski definition) is 3. The lowest BCUT2D eigenvalue weighted by molar-refractivity contribution is 0.390. The van der Waals surface area contributed by atoms with Crippen molar-refractivity contribution in [2.24, 2.45) is 5.92 Å². The molecule has 0 bridgehead atoms. The minimum atomic E-state index is -3.59. The third kappa shape index (κ3) is 3.80. The molecule has 0 spiro atoms. The molecule has 1 aromatic heterocycles. The van der Waals surface area contributed by atoms with Gasteiger partial charge in [-0.25, -0.2) is 13.1 Å². The molecule has 0 saturated heterocycles. The van der Waals surface area contributed by atoms with E-state index in [0.29, 0.717) is 18.0 Å². The van der Waals surface area contributed by atoms with E-state index in [4.69, 9.17) is 0 Å². The summed E-state index contributed by atoms with van der Waals surface area (Å²) < 4.78 is 27.7. The van der Waals surface area contributed by atoms with Gasteiger partial charge in [0.05, 0.1) is 0 Å². The van der Waals surface area contributed by atoms with Crippen molar-refractivity contribution in [2.75, 3.05) is 7.05 Å². The van der Waals surface area contributed by atoms with Gasteiger partial charge in [-0.1, -0.05) is 26.7 Å². The number of nitrogens with zero attached hydrogens (tertiary/aromatic N) is 1. The van der Waals surface area contributed by atoms with Crippen molar-refractivity contribution in [3.05, 3.63) is 11.3 Å². The van der Waals surface area contributed by atoms with Gasteiger partial charge >= 0.3 is 0 Å². The largest absolute Gasteiger partial charge is 0.316 e. The number of H-pyrrole nitrogens is 1. The van der Waals surface area contributed by atoms with Crippen LogP contribution in [-0.4, -0.2) is 31.7 Å². The minimum absolute atomic E-state index is 0.0992. The zero-order chi connectivity index (χ0) is 15.3. The standard InChI is InChI=1S/C13H26N4O2S/c1-6-11(7-2)9(3)17-20(18,19)13-12(8-14-5)10(4)15-16-13/h9,11,14,17H,6-8H2,1-5H3,(H,15,16). The quantitative estimate of drug-likeness (QED) is 0.680. The Morgan fingerprint density at radius 3 is 2.40 bits per heavy atom. The summed E-state index contributed by atoms with van der Waals surface area (Å²) in [5.41, 5.74) is 1.46. The maximum atomic E-state index is 12.5. The van der Waals surface area contributed by atoms with Crippen molar-refractivity contribution in [1.82, 2.24) is 20.2 Å². The van der Waals surface area contributed by atoms with E-state index in [2.05, 4.69) is 34.1 Å². The second-order valence-corrected chi connectivity index (χ2v) is 6.78. The lowest BCUT2D eigenvalue weighted by atomic mass is 9.96. The second kappa shape index (κ2) is 7.19. The van der Waals surface area contributed by atoms with E-state index < -0.39 is 10.0 Å². The Balaban J connectivity index is 3.00. The van der Waals surface area contributed by atoms with Gasteiger partial charge in [-0.05, 0) is 26.8 Å². The van der Waals surface area contributed by atoms with E-state index in [9.17, 15) is 8.42 Å². The molecule has 1 atom stereocenters. The van der Waals surface area contributed by atoms with Crippen LogP contribution in [-0.2, 0) is 16.6 Å². The summed E-state index contributed by atoms with van der Waals surface area (Å²) in [5, 5.41) is 9.77. The van der Waals surface area contributed by atoms with E-state index in [1.807, 2.05) is 13.8 Å². The van der Waals surface area contributed by atoms with Crippen molar-refractivity contribution in [3.63, 3.8) is 0 Å². The summed E-state index contributed by atoms with van der Waals surface area (Å²) in [7, 11) is -1.81. The highest BCUT2D eigenvalue weighted by molar-refractivity contribution is 7.89. The molecule has 20 heavy (non-hydrogen) atoms. The SMILES string of the molecule is CCC(CC)C(C)NS(=O)(=O)c1n[nH]c(C)c1CNC. The van der Waals surface area contributed by atoms with Crippen LogP contribution in [0.2, 0.25) is 0 Å². The van der Waals surface area contributed by atoms with E-state index in [-0.39, 0.29) is 11.1 Å². The molecule has 0 amide bonds. The van der Waals surface area contributed by atoms with Gasteiger partial charge in [-0.3, -0.25) is 5.10 Å². The van der Waals surface area contributed by atoms with Crippen LogP contribution < -0.4 is 10.0 Å². The lowest BCUT2D eigenvalue weighted by Crippen LogP contribution is -2.38. The van der Waals surface area contributed by atoms with E-state index in [0.717, 1.165) is 18.5 Å². The third-order valence-corrected chi connectivity index (χ3v) is 5.27. The number of sulfonamides is 1. The summed E-state index contributed by atoms with van der Waals surface area (Å²) in [6.45, 7) is 8.35. The van der Waals surface area contributed by atoms with Gasteiger partial charge < -0.3 is 5.32 Å². The van der Waals surface area contributed by atoms with Gasteiger partial charge in [0, 0.05) is 23.8 Å². The van der Waals surface area contributed by atoms with Crippen molar-refractivity contribution >= 4 is 10.0 Å². The monoisotopic (exact) mass is 302 g/mol. The summed E-state index contributed by atoms with van der Waals surface area (Å²) in [5.74, 6) is 0.331. The summed E-state index contributed by atoms with van der Waals surface area (Å²) in [6, 6.07) is -0.102. The van der Waals surface area contributed by atoms with Crippen LogP contribution >= 0.6 is 0 Å². The zero-order valence-corrected chi connectivity index (χ0v) is 13.8. The molecule has 1 aromatic rings. The Kier molecular flexibility index (Phi) is 6.16. The van der Waals surface area contributed by atoms with Gasteiger partial charge in [-0.15, -0.1) is 0 Å². The molecule has 0 aliphatic carbocycles. The Hall–Kier alpha value is -0.920. The number of aryl methyl sites for hydroxylation is 1. The topological polar surface area (TPSA) is 86.9 Å². The molecule has 0 aliphatic rings. The van der Waals surface area contributed by atoms with Gasteiger partial charge in [-0.2, -0.15) is 5.10 Å². The van der Waals surface area contributed by atoms with Crippen LogP contribution in [0.15, 0.2) is 5.03 Å². The Labute approximate surface area is 121 Å². The van der Waals surface area contributed by atoms with Gasteiger partial charge in [0.15, 0.2) is 5.03 Å². The van der Waals surface area contributed by atoms with E-state index in [1.54, 1.807) is 7.05 Å². The van der Waals surface area contributed by atoms with Crippen molar-refractivity contribution in [3.8, 4) is 0 Å². The molecule has 0 fully saturated rings. The van der Waals surface area contributed by atoms with Crippen LogP contribution in [0, 0.1) is 12.8 Å². The molecular formula is C13H26N4O2S. The lowest BCUT2D eigenvalue weighted by Gasteiger charge is -2.22. The van der Waals surface area contributed by atoms with Crippen molar-refractivity contribution < 1.29 is 8.42 Å². The number of aromatic amines is 1. The highest BCUT2D eigenvalue weighted by atomic mass is 32.2. The Morgan fingerprint density at radius 2 is 1.90 bits per heavy atom. The summed E-state index contributed by atoms with van der Waals surface area (Å²) in [6.07, 6.45) is 1.90. The summed E-state index contributed by atoms with van der Waals surface area (Å²) >= 11 is 0. The molecule has 0 saturated carbocycles. The smallest absolute Gasteiger partial charge is 0.260 e. The molecule has 0 aliphatic heterocycles. The first-order chi connectivity index (χ1) is 9.37. The van der Waals surface area contributed by atoms with Crippen LogP contribution in [0.25, 0.3) is 0 Å². The molecule has 7 heteroatoms. The molecule has 1 unspecified atom stereocenters. The molecule has 0 aromatic carbocycles. The average molecular weight is 302 g/mol. The van der Waals surface area contributed by atoms with Crippen LogP contribution in [0.5, 0.6) is 0 Å². The molecule has 116 valence electrons. The maximum absolute atomic E-state index is 12.5. The Bertz CT molecular complexity index is 520. The normalized spacial score (nSPS) is 13.9. The first kappa shape index (κ1) is 17.1. The number of hydrogen-bond acceptors (Lipinski definition) is 4. The Morgan fingerprint density at radius 1 is 1.30 bits per heavy atom. The second-order valence-electron chi connectivity index (χ2n) is 5.15. The van der Waals surface area contributed by atoms with Crippen LogP contribution in [0.1, 0.15) is 44.9 Å². The first-order valence-electron chi connectivity index (χ1n) is 7.08. The highest BCUT2D eigenvalue weighted by Gasteiger charge is 2.27. The summed E-state index contributed by atoms with van der Waals surface area (Å²) in [4.78, 5) is 0. The molecule has 6 nitrogen and oxygen atoms in total. The van der Waals surface area contributed by atoms with Gasteiger partial charge in [0.25, 0.3) is 10.0 Å². The van der Waals surface area contributed by atoms with Crippen molar-refractivity contribution in [1.29, 1.82) is 0 Å². The average Bonchev–Trinajstić information content (AvgIpc) is 2.73. The maximum Gasteiger partial charge on any atom is 0.260 e. The van der Waals surface area contributed by atoms with E-state index >= 15 is 0 Å². The fourth-order valence-corrected chi connectivity index (χ4v) is 3.94. The number of rotatable bonds is 8. The molecular weight excluding hydrogens is 276 g/mol. The van der Waals surface area contributed by atoms with Gasteiger partial charge in [0.1, 0.15) is 0 Å². The van der Waals surface area contributed by atoms with Gasteiger partial charge in [0.2, 0.25) is 0 Å². The number of aromatic nitrogens is 2. The zero-order valence-electron chi connectivity index (χ0n) is 12.9. The molecule has 3 N–H and O–H groups in total. The molecule has 1 rings (SSSR count). The molecule has 0 radical (unpaired) electrons. The van der Waals surface area contributed by atoms with Crippen LogP contribution in [0.4, 0.5) is 0 Å². The van der Waals surface area contributed by atoms with Crippen LogP contribution in [0.3, 0.4) is 0 Å². The molecule has 1 heterocycles. The first-order valence-corrected chi connectivity index (χ1v) is 8.56. The predicted molar refractivity (Wildman–Crippen MR) is 79.9 cm³/mol. The minimum Gasteiger partial charge on any atom is -0.316 e.